The minimum atomic E-state index is -0.489. The summed E-state index contributed by atoms with van der Waals surface area (Å²) < 4.78 is 0. The van der Waals surface area contributed by atoms with E-state index in [0.29, 0.717) is 10.8 Å². The topological polar surface area (TPSA) is 54.9 Å². The van der Waals surface area contributed by atoms with Gasteiger partial charge in [-0.05, 0) is 24.3 Å². The fourth-order valence-corrected chi connectivity index (χ4v) is 1.65. The highest BCUT2D eigenvalue weighted by Crippen LogP contribution is 2.18. The molecule has 0 radical (unpaired) electrons. The van der Waals surface area contributed by atoms with E-state index < -0.39 is 5.91 Å². The molecule has 4 nitrogen and oxygen atoms in total. The highest BCUT2D eigenvalue weighted by Gasteiger charge is 2.13. The predicted octanol–water partition coefficient (Wildman–Crippen LogP) is 3.69. The van der Waals surface area contributed by atoms with Gasteiger partial charge in [0.25, 0.3) is 5.91 Å². The minimum Gasteiger partial charge on any atom is -0.305 e. The van der Waals surface area contributed by atoms with E-state index in [2.05, 4.69) is 15.3 Å². The van der Waals surface area contributed by atoms with Crippen LogP contribution in [-0.2, 0) is 0 Å². The van der Waals surface area contributed by atoms with Crippen molar-refractivity contribution in [3.8, 4) is 0 Å². The Kier molecular flexibility index (Phi) is 4.01. The Bertz CT molecular complexity index is 587. The average molecular weight is 303 g/mol. The predicted molar refractivity (Wildman–Crippen MR) is 71.5 cm³/mol. The van der Waals surface area contributed by atoms with Crippen LogP contribution in [0.5, 0.6) is 0 Å². The second kappa shape index (κ2) is 5.52. The first-order valence-electron chi connectivity index (χ1n) is 4.81. The molecule has 0 unspecified atom stereocenters. The number of rotatable bonds is 2. The van der Waals surface area contributed by atoms with Crippen molar-refractivity contribution in [1.82, 2.24) is 9.97 Å². The Balaban J connectivity index is 2.21. The molecule has 0 spiro atoms. The number of anilines is 1. The standard InChI is InChI=1S/C11H6Cl3N3O/c12-6-1-4-9(15-5-6)17-11(18)10-7(13)2-3-8(14)16-10/h1-5H,(H,15,17,18). The molecule has 0 saturated carbocycles. The number of hydrogen-bond acceptors (Lipinski definition) is 3. The van der Waals surface area contributed by atoms with Crippen LogP contribution in [0, 0.1) is 0 Å². The molecule has 0 fully saturated rings. The molecule has 2 rings (SSSR count). The number of nitrogens with one attached hydrogen (secondary N) is 1. The van der Waals surface area contributed by atoms with Crippen molar-refractivity contribution in [3.63, 3.8) is 0 Å². The molecule has 7 heteroatoms. The number of carbonyl (C=O) groups excluding carboxylic acids is 1. The summed E-state index contributed by atoms with van der Waals surface area (Å²) in [5.41, 5.74) is 0.0425. The number of nitrogens with zero attached hydrogens (tertiary/aromatic N) is 2. The highest BCUT2D eigenvalue weighted by molar-refractivity contribution is 6.35. The number of aromatic nitrogens is 2. The van der Waals surface area contributed by atoms with Crippen LogP contribution in [0.3, 0.4) is 0 Å². The molecule has 1 N–H and O–H groups in total. The molecule has 0 saturated heterocycles. The monoisotopic (exact) mass is 301 g/mol. The summed E-state index contributed by atoms with van der Waals surface area (Å²) >= 11 is 17.2. The fourth-order valence-electron chi connectivity index (χ4n) is 1.20. The lowest BCUT2D eigenvalue weighted by molar-refractivity contribution is 0.102. The molecule has 2 aromatic rings. The van der Waals surface area contributed by atoms with Crippen molar-refractivity contribution in [2.75, 3.05) is 5.32 Å². The van der Waals surface area contributed by atoms with Crippen molar-refractivity contribution >= 4 is 46.5 Å². The molecule has 0 aliphatic rings. The van der Waals surface area contributed by atoms with E-state index in [9.17, 15) is 4.79 Å². The third kappa shape index (κ3) is 3.10. The van der Waals surface area contributed by atoms with Gasteiger partial charge >= 0.3 is 0 Å². The lowest BCUT2D eigenvalue weighted by Crippen LogP contribution is -2.15. The number of pyridine rings is 2. The number of amides is 1. The van der Waals surface area contributed by atoms with Crippen LogP contribution in [0.4, 0.5) is 5.82 Å². The SMILES string of the molecule is O=C(Nc1ccc(Cl)cn1)c1nc(Cl)ccc1Cl. The molecule has 0 aliphatic heterocycles. The summed E-state index contributed by atoms with van der Waals surface area (Å²) in [7, 11) is 0. The summed E-state index contributed by atoms with van der Waals surface area (Å²) in [4.78, 5) is 19.7. The molecule has 0 bridgehead atoms. The van der Waals surface area contributed by atoms with E-state index in [-0.39, 0.29) is 15.9 Å². The van der Waals surface area contributed by atoms with Gasteiger partial charge in [-0.15, -0.1) is 0 Å². The Morgan fingerprint density at radius 1 is 1.11 bits per heavy atom. The van der Waals surface area contributed by atoms with Crippen LogP contribution in [-0.4, -0.2) is 15.9 Å². The van der Waals surface area contributed by atoms with Gasteiger partial charge in [-0.3, -0.25) is 4.79 Å². The smallest absolute Gasteiger partial charge is 0.277 e. The second-order valence-electron chi connectivity index (χ2n) is 3.28. The number of carbonyl (C=O) groups is 1. The maximum Gasteiger partial charge on any atom is 0.277 e. The third-order valence-electron chi connectivity index (χ3n) is 2.00. The molecule has 92 valence electrons. The van der Waals surface area contributed by atoms with Gasteiger partial charge in [0.1, 0.15) is 16.7 Å². The van der Waals surface area contributed by atoms with E-state index in [1.165, 1.54) is 18.3 Å². The van der Waals surface area contributed by atoms with Gasteiger partial charge in [-0.25, -0.2) is 9.97 Å². The van der Waals surface area contributed by atoms with Gasteiger partial charge in [0, 0.05) is 6.20 Å². The highest BCUT2D eigenvalue weighted by atomic mass is 35.5. The maximum absolute atomic E-state index is 11.9. The summed E-state index contributed by atoms with van der Waals surface area (Å²) in [5.74, 6) is -0.139. The van der Waals surface area contributed by atoms with Gasteiger partial charge in [0.05, 0.1) is 10.0 Å². The first-order chi connectivity index (χ1) is 8.56. The van der Waals surface area contributed by atoms with E-state index in [4.69, 9.17) is 34.8 Å². The molecule has 2 heterocycles. The fraction of sp³-hybridized carbons (Fsp3) is 0. The Hall–Kier alpha value is -1.36. The minimum absolute atomic E-state index is 0.0425. The zero-order chi connectivity index (χ0) is 13.1. The molecule has 0 atom stereocenters. The summed E-state index contributed by atoms with van der Waals surface area (Å²) in [6.45, 7) is 0. The van der Waals surface area contributed by atoms with Crippen molar-refractivity contribution in [2.45, 2.75) is 0 Å². The Labute approximate surface area is 118 Å². The van der Waals surface area contributed by atoms with Crippen LogP contribution < -0.4 is 5.32 Å². The van der Waals surface area contributed by atoms with Gasteiger partial charge in [-0.2, -0.15) is 0 Å². The average Bonchev–Trinajstić information content (AvgIpc) is 2.35. The van der Waals surface area contributed by atoms with Crippen LogP contribution in [0.2, 0.25) is 15.2 Å². The lowest BCUT2D eigenvalue weighted by atomic mass is 10.3. The number of halogens is 3. The number of hydrogen-bond donors (Lipinski definition) is 1. The molecular weight excluding hydrogens is 296 g/mol. The quantitative estimate of drug-likeness (QED) is 0.861. The molecule has 2 aromatic heterocycles. The zero-order valence-electron chi connectivity index (χ0n) is 8.82. The maximum atomic E-state index is 11.9. The lowest BCUT2D eigenvalue weighted by Gasteiger charge is -2.05. The van der Waals surface area contributed by atoms with Crippen LogP contribution in [0.1, 0.15) is 10.5 Å². The van der Waals surface area contributed by atoms with Crippen molar-refractivity contribution in [3.05, 3.63) is 51.4 Å². The summed E-state index contributed by atoms with van der Waals surface area (Å²) in [6.07, 6.45) is 1.42. The Morgan fingerprint density at radius 3 is 2.56 bits per heavy atom. The Morgan fingerprint density at radius 2 is 1.89 bits per heavy atom. The van der Waals surface area contributed by atoms with Gasteiger partial charge in [0.15, 0.2) is 0 Å². The second-order valence-corrected chi connectivity index (χ2v) is 4.51. The van der Waals surface area contributed by atoms with E-state index in [1.807, 2.05) is 0 Å². The van der Waals surface area contributed by atoms with Crippen molar-refractivity contribution < 1.29 is 4.79 Å². The molecule has 1 amide bonds. The molecular formula is C11H6Cl3N3O. The van der Waals surface area contributed by atoms with Crippen LogP contribution >= 0.6 is 34.8 Å². The van der Waals surface area contributed by atoms with Crippen LogP contribution in [0.15, 0.2) is 30.5 Å². The van der Waals surface area contributed by atoms with Crippen LogP contribution in [0.25, 0.3) is 0 Å². The zero-order valence-corrected chi connectivity index (χ0v) is 11.1. The third-order valence-corrected chi connectivity index (χ3v) is 2.74. The first kappa shape index (κ1) is 13.1. The van der Waals surface area contributed by atoms with Crippen molar-refractivity contribution in [1.29, 1.82) is 0 Å². The first-order valence-corrected chi connectivity index (χ1v) is 5.94. The molecule has 18 heavy (non-hydrogen) atoms. The molecule has 0 aliphatic carbocycles. The van der Waals surface area contributed by atoms with Gasteiger partial charge in [0.2, 0.25) is 0 Å². The molecule has 0 aromatic carbocycles. The van der Waals surface area contributed by atoms with E-state index >= 15 is 0 Å². The van der Waals surface area contributed by atoms with Gasteiger partial charge < -0.3 is 5.32 Å². The van der Waals surface area contributed by atoms with E-state index in [0.717, 1.165) is 0 Å². The summed E-state index contributed by atoms with van der Waals surface area (Å²) in [5, 5.41) is 3.42. The van der Waals surface area contributed by atoms with Gasteiger partial charge in [-0.1, -0.05) is 34.8 Å². The van der Waals surface area contributed by atoms with E-state index in [1.54, 1.807) is 12.1 Å². The largest absolute Gasteiger partial charge is 0.305 e. The van der Waals surface area contributed by atoms with Crippen molar-refractivity contribution in [2.24, 2.45) is 0 Å². The normalized spacial score (nSPS) is 10.2. The summed E-state index contributed by atoms with van der Waals surface area (Å²) in [6, 6.07) is 6.18.